The molecule has 10 heteroatoms. The summed E-state index contributed by atoms with van der Waals surface area (Å²) in [5.41, 5.74) is 5.96. The van der Waals surface area contributed by atoms with E-state index in [0.717, 1.165) is 12.8 Å². The fourth-order valence-electron chi connectivity index (χ4n) is 4.43. The number of likely N-dealkylation sites (tertiary alicyclic amines) is 1. The van der Waals surface area contributed by atoms with Crippen LogP contribution in [0.25, 0.3) is 0 Å². The smallest absolute Gasteiger partial charge is 0.264 e. The Bertz CT molecular complexity index is 949. The first kappa shape index (κ1) is 23.3. The summed E-state index contributed by atoms with van der Waals surface area (Å²) < 4.78 is 5.81. The lowest BCUT2D eigenvalue weighted by Crippen LogP contribution is -2.47. The molecule has 33 heavy (non-hydrogen) atoms. The molecule has 2 aliphatic heterocycles. The fraction of sp³-hybridized carbons (Fsp3) is 0.478. The van der Waals surface area contributed by atoms with Crippen molar-refractivity contribution in [2.24, 2.45) is 5.73 Å². The van der Waals surface area contributed by atoms with Crippen LogP contribution in [0.2, 0.25) is 0 Å². The summed E-state index contributed by atoms with van der Waals surface area (Å²) in [7, 11) is 0. The minimum Gasteiger partial charge on any atom is -0.376 e. The number of thiophene rings is 1. The van der Waals surface area contributed by atoms with E-state index in [4.69, 9.17) is 10.5 Å². The first-order valence-electron chi connectivity index (χ1n) is 11.2. The lowest BCUT2D eigenvalue weighted by molar-refractivity contribution is -0.124. The molecule has 3 N–H and O–H groups in total. The summed E-state index contributed by atoms with van der Waals surface area (Å²) in [6.45, 7) is 2.01. The quantitative estimate of drug-likeness (QED) is 0.596. The summed E-state index contributed by atoms with van der Waals surface area (Å²) >= 11 is 1.38. The summed E-state index contributed by atoms with van der Waals surface area (Å²) in [5, 5.41) is 4.67. The van der Waals surface area contributed by atoms with Crippen molar-refractivity contribution in [3.63, 3.8) is 0 Å². The number of nitrogens with zero attached hydrogens (tertiary/aromatic N) is 3. The van der Waals surface area contributed by atoms with Gasteiger partial charge in [0.05, 0.1) is 22.6 Å². The monoisotopic (exact) mass is 471 g/mol. The molecule has 0 saturated carbocycles. The molecule has 0 aliphatic carbocycles. The molecule has 9 nitrogen and oxygen atoms in total. The van der Waals surface area contributed by atoms with Gasteiger partial charge >= 0.3 is 0 Å². The van der Waals surface area contributed by atoms with Gasteiger partial charge in [0.1, 0.15) is 6.04 Å². The van der Waals surface area contributed by atoms with Crippen molar-refractivity contribution in [1.29, 1.82) is 0 Å². The van der Waals surface area contributed by atoms with Crippen LogP contribution in [0.15, 0.2) is 42.0 Å². The van der Waals surface area contributed by atoms with Gasteiger partial charge in [0.2, 0.25) is 5.91 Å². The predicted molar refractivity (Wildman–Crippen MR) is 124 cm³/mol. The second kappa shape index (κ2) is 10.9. The van der Waals surface area contributed by atoms with E-state index in [1.54, 1.807) is 34.2 Å². The Kier molecular flexibility index (Phi) is 7.69. The van der Waals surface area contributed by atoms with Gasteiger partial charge in [-0.25, -0.2) is 0 Å². The first-order chi connectivity index (χ1) is 16.1. The van der Waals surface area contributed by atoms with Crippen LogP contribution in [-0.2, 0) is 9.53 Å². The third kappa shape index (κ3) is 5.40. The van der Waals surface area contributed by atoms with E-state index in [1.807, 2.05) is 11.4 Å². The normalized spacial score (nSPS) is 22.3. The number of aromatic nitrogens is 1. The molecular weight excluding hydrogens is 442 g/mol. The number of nitrogens with two attached hydrogens (primary N) is 1. The molecule has 0 spiro atoms. The van der Waals surface area contributed by atoms with Crippen LogP contribution in [0.5, 0.6) is 0 Å². The number of carbonyl (C=O) groups excluding carboxylic acids is 3. The summed E-state index contributed by atoms with van der Waals surface area (Å²) in [6, 6.07) is 6.01. The van der Waals surface area contributed by atoms with E-state index in [2.05, 4.69) is 10.3 Å². The summed E-state index contributed by atoms with van der Waals surface area (Å²) in [5.74, 6) is -0.637. The van der Waals surface area contributed by atoms with Crippen molar-refractivity contribution in [2.45, 2.75) is 37.5 Å². The molecule has 0 aromatic carbocycles. The van der Waals surface area contributed by atoms with Crippen LogP contribution < -0.4 is 11.1 Å². The van der Waals surface area contributed by atoms with Crippen LogP contribution in [-0.4, -0.2) is 83.5 Å². The van der Waals surface area contributed by atoms with Crippen LogP contribution in [0.1, 0.15) is 39.3 Å². The molecule has 2 aliphatic rings. The van der Waals surface area contributed by atoms with Gasteiger partial charge in [-0.1, -0.05) is 6.07 Å². The lowest BCUT2D eigenvalue weighted by atomic mass is 10.1. The Hall–Kier alpha value is -2.82. The van der Waals surface area contributed by atoms with Crippen molar-refractivity contribution in [1.82, 2.24) is 20.1 Å². The molecule has 3 unspecified atom stereocenters. The topological polar surface area (TPSA) is 118 Å². The SMILES string of the molecule is NCCNC(=O)C1CC(N(CC2CCCO2)C(=O)c2cccs2)CN1C(=O)c1cccnc1. The Morgan fingerprint density at radius 2 is 2.18 bits per heavy atom. The standard InChI is InChI=1S/C23H29N5O4S/c24-7-9-26-21(29)19-12-17(14-28(19)22(30)16-4-1-8-25-13-16)27(15-18-5-2-10-32-18)23(31)20-6-3-11-33-20/h1,3-4,6,8,11,13,17-19H,2,5,7,9-10,12,14-15,24H2,(H,26,29). The van der Waals surface area contributed by atoms with Gasteiger partial charge in [-0.05, 0) is 42.8 Å². The van der Waals surface area contributed by atoms with Crippen LogP contribution >= 0.6 is 11.3 Å². The Labute approximate surface area is 196 Å². The van der Waals surface area contributed by atoms with Crippen molar-refractivity contribution >= 4 is 29.1 Å². The predicted octanol–water partition coefficient (Wildman–Crippen LogP) is 1.12. The highest BCUT2D eigenvalue weighted by molar-refractivity contribution is 7.12. The largest absolute Gasteiger partial charge is 0.376 e. The van der Waals surface area contributed by atoms with Crippen molar-refractivity contribution in [2.75, 3.05) is 32.8 Å². The van der Waals surface area contributed by atoms with E-state index in [0.29, 0.717) is 43.1 Å². The molecule has 0 bridgehead atoms. The minimum absolute atomic E-state index is 0.0403. The average Bonchev–Trinajstić information content (AvgIpc) is 3.62. The number of carbonyl (C=O) groups is 3. The Morgan fingerprint density at radius 3 is 2.85 bits per heavy atom. The zero-order chi connectivity index (χ0) is 23.2. The van der Waals surface area contributed by atoms with Crippen LogP contribution in [0, 0.1) is 0 Å². The number of nitrogens with one attached hydrogen (secondary N) is 1. The van der Waals surface area contributed by atoms with Gasteiger partial charge in [0.15, 0.2) is 0 Å². The zero-order valence-electron chi connectivity index (χ0n) is 18.4. The molecule has 2 saturated heterocycles. The van der Waals surface area contributed by atoms with E-state index in [1.165, 1.54) is 17.5 Å². The number of hydrogen-bond donors (Lipinski definition) is 2. The number of ether oxygens (including phenoxy) is 1. The summed E-state index contributed by atoms with van der Waals surface area (Å²) in [4.78, 5) is 47.7. The Morgan fingerprint density at radius 1 is 1.30 bits per heavy atom. The average molecular weight is 472 g/mol. The molecule has 4 rings (SSSR count). The molecule has 176 valence electrons. The van der Waals surface area contributed by atoms with Gasteiger partial charge in [-0.3, -0.25) is 19.4 Å². The van der Waals surface area contributed by atoms with Gasteiger partial charge in [-0.2, -0.15) is 0 Å². The molecule has 2 fully saturated rings. The summed E-state index contributed by atoms with van der Waals surface area (Å²) in [6.07, 6.45) is 5.25. The van der Waals surface area contributed by atoms with Gasteiger partial charge < -0.3 is 25.6 Å². The minimum atomic E-state index is -0.697. The number of pyridine rings is 1. The van der Waals surface area contributed by atoms with Gasteiger partial charge in [0.25, 0.3) is 11.8 Å². The van der Waals surface area contributed by atoms with Crippen molar-refractivity contribution in [3.05, 3.63) is 52.5 Å². The van der Waals surface area contributed by atoms with Gasteiger partial charge in [0, 0.05) is 45.2 Å². The van der Waals surface area contributed by atoms with E-state index in [9.17, 15) is 14.4 Å². The van der Waals surface area contributed by atoms with Crippen LogP contribution in [0.3, 0.4) is 0 Å². The van der Waals surface area contributed by atoms with Crippen LogP contribution in [0.4, 0.5) is 0 Å². The number of amides is 3. The highest BCUT2D eigenvalue weighted by atomic mass is 32.1. The van der Waals surface area contributed by atoms with Gasteiger partial charge in [-0.15, -0.1) is 11.3 Å². The van der Waals surface area contributed by atoms with E-state index < -0.39 is 6.04 Å². The fourth-order valence-corrected chi connectivity index (χ4v) is 5.11. The molecule has 4 heterocycles. The third-order valence-corrected chi connectivity index (χ3v) is 6.91. The second-order valence-corrected chi connectivity index (χ2v) is 9.20. The molecular formula is C23H29N5O4S. The molecule has 3 amide bonds. The molecule has 2 aromatic heterocycles. The highest BCUT2D eigenvalue weighted by Gasteiger charge is 2.44. The van der Waals surface area contributed by atoms with Crippen molar-refractivity contribution < 1.29 is 19.1 Å². The lowest BCUT2D eigenvalue weighted by Gasteiger charge is -2.30. The maximum Gasteiger partial charge on any atom is 0.264 e. The molecule has 3 atom stereocenters. The third-order valence-electron chi connectivity index (χ3n) is 6.05. The Balaban J connectivity index is 1.60. The molecule has 2 aromatic rings. The van der Waals surface area contributed by atoms with E-state index >= 15 is 0 Å². The molecule has 0 radical (unpaired) electrons. The van der Waals surface area contributed by atoms with E-state index in [-0.39, 0.29) is 36.4 Å². The number of rotatable bonds is 8. The highest BCUT2D eigenvalue weighted by Crippen LogP contribution is 2.28. The zero-order valence-corrected chi connectivity index (χ0v) is 19.2. The maximum absolute atomic E-state index is 13.4. The number of hydrogen-bond acceptors (Lipinski definition) is 7. The van der Waals surface area contributed by atoms with Crippen molar-refractivity contribution in [3.8, 4) is 0 Å². The second-order valence-electron chi connectivity index (χ2n) is 8.25. The first-order valence-corrected chi connectivity index (χ1v) is 12.1. The maximum atomic E-state index is 13.4.